The molecule has 2 aromatic heterocycles. The third kappa shape index (κ3) is 4.05. The maximum atomic E-state index is 12.9. The van der Waals surface area contributed by atoms with Crippen molar-refractivity contribution < 1.29 is 18.4 Å². The smallest absolute Gasteiger partial charge is 0.267 e. The molecule has 4 N–H and O–H groups in total. The van der Waals surface area contributed by atoms with E-state index in [1.807, 2.05) is 0 Å². The van der Waals surface area contributed by atoms with Gasteiger partial charge in [-0.1, -0.05) is 12.1 Å². The number of nitrogens with zero attached hydrogens (tertiary/aromatic N) is 2. The summed E-state index contributed by atoms with van der Waals surface area (Å²) in [6, 6.07) is 11.4. The first-order valence-corrected chi connectivity index (χ1v) is 9.22. The van der Waals surface area contributed by atoms with Gasteiger partial charge in [-0.15, -0.1) is 0 Å². The number of pyridine rings is 1. The third-order valence-corrected chi connectivity index (χ3v) is 5.39. The molecule has 0 aliphatic rings. The number of nitrogens with one attached hydrogen (secondary N) is 1. The molecule has 0 saturated carbocycles. The number of anilines is 1. The maximum absolute atomic E-state index is 12.9. The predicted octanol–water partition coefficient (Wildman–Crippen LogP) is 1.89. The van der Waals surface area contributed by atoms with Gasteiger partial charge in [0, 0.05) is 30.2 Å². The number of hydroxylamine groups is 1. The number of aromatic nitrogens is 2. The van der Waals surface area contributed by atoms with Crippen LogP contribution in [0.4, 0.5) is 5.82 Å². The van der Waals surface area contributed by atoms with Crippen LogP contribution >= 0.6 is 0 Å². The number of carbonyl (C=O) groups excluding carboxylic acids is 1. The van der Waals surface area contributed by atoms with Gasteiger partial charge in [0.1, 0.15) is 5.82 Å². The molecule has 0 unspecified atom stereocenters. The molecule has 0 atom stereocenters. The lowest BCUT2D eigenvalue weighted by molar-refractivity contribution is -0.124. The van der Waals surface area contributed by atoms with Crippen LogP contribution in [0.15, 0.2) is 72.0 Å². The number of nitrogens with two attached hydrogens (primary N) is 1. The van der Waals surface area contributed by atoms with Crippen LogP contribution in [0, 0.1) is 0 Å². The standard InChI is InChI=1S/C18H16N4O4S/c19-17-6-5-15(11-20-17)14-2-1-3-16(10-14)27(25,26)22-9-8-13(12-22)4-7-18(23)21-24/h1-12,24H,(H2,19,20)(H,21,23). The Morgan fingerprint density at radius 1 is 1.19 bits per heavy atom. The topological polar surface area (TPSA) is 127 Å². The first-order valence-electron chi connectivity index (χ1n) is 7.78. The number of amides is 1. The summed E-state index contributed by atoms with van der Waals surface area (Å²) in [6.07, 6.45) is 6.79. The number of benzene rings is 1. The average molecular weight is 384 g/mol. The van der Waals surface area contributed by atoms with E-state index in [4.69, 9.17) is 10.9 Å². The molecule has 138 valence electrons. The van der Waals surface area contributed by atoms with E-state index in [1.54, 1.807) is 36.5 Å². The molecule has 2 heterocycles. The van der Waals surface area contributed by atoms with Gasteiger partial charge >= 0.3 is 0 Å². The fraction of sp³-hybridized carbons (Fsp3) is 0. The minimum absolute atomic E-state index is 0.107. The minimum atomic E-state index is -3.81. The Balaban J connectivity index is 1.93. The summed E-state index contributed by atoms with van der Waals surface area (Å²) in [5, 5.41) is 8.47. The third-order valence-electron chi connectivity index (χ3n) is 3.76. The van der Waals surface area contributed by atoms with Crippen molar-refractivity contribution in [1.82, 2.24) is 14.4 Å². The zero-order valence-electron chi connectivity index (χ0n) is 14.0. The molecule has 1 aromatic carbocycles. The summed E-state index contributed by atoms with van der Waals surface area (Å²) in [6.45, 7) is 0. The number of hydrogen-bond acceptors (Lipinski definition) is 6. The Hall–Kier alpha value is -3.43. The van der Waals surface area contributed by atoms with Gasteiger partial charge in [-0.25, -0.2) is 22.9 Å². The van der Waals surface area contributed by atoms with Gasteiger partial charge in [-0.05, 0) is 47.5 Å². The highest BCUT2D eigenvalue weighted by Crippen LogP contribution is 2.24. The molecule has 3 rings (SSSR count). The lowest BCUT2D eigenvalue weighted by Gasteiger charge is -2.08. The summed E-state index contributed by atoms with van der Waals surface area (Å²) in [5.74, 6) is -0.333. The highest BCUT2D eigenvalue weighted by atomic mass is 32.2. The SMILES string of the molecule is Nc1ccc(-c2cccc(S(=O)(=O)n3ccc(C=CC(=O)NO)c3)c2)cn1. The summed E-state index contributed by atoms with van der Waals surface area (Å²) in [5.41, 5.74) is 8.96. The molecule has 0 aliphatic heterocycles. The molecule has 0 spiro atoms. The Bertz CT molecular complexity index is 1100. The first kappa shape index (κ1) is 18.4. The molecule has 1 amide bonds. The summed E-state index contributed by atoms with van der Waals surface area (Å²) < 4.78 is 26.8. The van der Waals surface area contributed by atoms with Gasteiger partial charge in [0.2, 0.25) is 0 Å². The van der Waals surface area contributed by atoms with Crippen LogP contribution in [0.25, 0.3) is 17.2 Å². The highest BCUT2D eigenvalue weighted by Gasteiger charge is 2.17. The van der Waals surface area contributed by atoms with Gasteiger partial charge in [-0.2, -0.15) is 0 Å². The normalized spacial score (nSPS) is 11.6. The summed E-state index contributed by atoms with van der Waals surface area (Å²) >= 11 is 0. The molecule has 0 aliphatic carbocycles. The van der Waals surface area contributed by atoms with Crippen LogP contribution in [0.3, 0.4) is 0 Å². The Labute approximate surface area is 155 Å². The van der Waals surface area contributed by atoms with E-state index in [9.17, 15) is 13.2 Å². The lowest BCUT2D eigenvalue weighted by atomic mass is 10.1. The Morgan fingerprint density at radius 3 is 2.70 bits per heavy atom. The minimum Gasteiger partial charge on any atom is -0.384 e. The average Bonchev–Trinajstić information content (AvgIpc) is 3.16. The van der Waals surface area contributed by atoms with Gasteiger partial charge in [0.25, 0.3) is 15.9 Å². The fourth-order valence-electron chi connectivity index (χ4n) is 2.38. The Kier molecular flexibility index (Phi) is 5.06. The second kappa shape index (κ2) is 7.44. The Morgan fingerprint density at radius 2 is 2.00 bits per heavy atom. The zero-order valence-corrected chi connectivity index (χ0v) is 14.8. The molecule has 0 saturated heterocycles. The van der Waals surface area contributed by atoms with E-state index in [0.29, 0.717) is 16.9 Å². The van der Waals surface area contributed by atoms with Crippen LogP contribution in [-0.4, -0.2) is 28.5 Å². The van der Waals surface area contributed by atoms with E-state index >= 15 is 0 Å². The van der Waals surface area contributed by atoms with Crippen molar-refractivity contribution in [1.29, 1.82) is 0 Å². The second-order valence-corrected chi connectivity index (χ2v) is 7.43. The monoisotopic (exact) mass is 384 g/mol. The van der Waals surface area contributed by atoms with Crippen molar-refractivity contribution in [3.05, 3.63) is 72.7 Å². The predicted molar refractivity (Wildman–Crippen MR) is 100 cm³/mol. The molecule has 0 fully saturated rings. The van der Waals surface area contributed by atoms with Crippen molar-refractivity contribution in [2.24, 2.45) is 0 Å². The zero-order chi connectivity index (χ0) is 19.4. The van der Waals surface area contributed by atoms with E-state index < -0.39 is 15.9 Å². The molecule has 27 heavy (non-hydrogen) atoms. The first-order chi connectivity index (χ1) is 12.9. The van der Waals surface area contributed by atoms with E-state index in [0.717, 1.165) is 15.6 Å². The van der Waals surface area contributed by atoms with Crippen molar-refractivity contribution in [3.8, 4) is 11.1 Å². The van der Waals surface area contributed by atoms with Gasteiger partial charge in [0.05, 0.1) is 4.90 Å². The van der Waals surface area contributed by atoms with Crippen LogP contribution in [0.5, 0.6) is 0 Å². The summed E-state index contributed by atoms with van der Waals surface area (Å²) in [7, 11) is -3.81. The number of nitrogen functional groups attached to an aromatic ring is 1. The van der Waals surface area contributed by atoms with Gasteiger partial charge in [0.15, 0.2) is 0 Å². The summed E-state index contributed by atoms with van der Waals surface area (Å²) in [4.78, 5) is 15.1. The number of rotatable bonds is 5. The van der Waals surface area contributed by atoms with Crippen molar-refractivity contribution in [2.45, 2.75) is 4.90 Å². The molecule has 8 nitrogen and oxygen atoms in total. The number of carbonyl (C=O) groups is 1. The maximum Gasteiger partial charge on any atom is 0.267 e. The molecule has 9 heteroatoms. The van der Waals surface area contributed by atoms with Gasteiger partial charge < -0.3 is 5.73 Å². The van der Waals surface area contributed by atoms with E-state index in [-0.39, 0.29) is 4.90 Å². The molecule has 0 radical (unpaired) electrons. The van der Waals surface area contributed by atoms with Crippen LogP contribution in [0.2, 0.25) is 0 Å². The van der Waals surface area contributed by atoms with Crippen molar-refractivity contribution in [3.63, 3.8) is 0 Å². The van der Waals surface area contributed by atoms with Crippen molar-refractivity contribution >= 4 is 27.8 Å². The van der Waals surface area contributed by atoms with Crippen molar-refractivity contribution in [2.75, 3.05) is 5.73 Å². The van der Waals surface area contributed by atoms with E-state index in [2.05, 4.69) is 4.98 Å². The molecular formula is C18H16N4O4S. The quantitative estimate of drug-likeness (QED) is 0.350. The number of hydrogen-bond donors (Lipinski definition) is 3. The lowest BCUT2D eigenvalue weighted by Crippen LogP contribution is -2.14. The van der Waals surface area contributed by atoms with Crippen LogP contribution < -0.4 is 11.2 Å². The van der Waals surface area contributed by atoms with Crippen LogP contribution in [-0.2, 0) is 14.8 Å². The molecule has 0 bridgehead atoms. The van der Waals surface area contributed by atoms with Crippen LogP contribution in [0.1, 0.15) is 5.56 Å². The second-order valence-electron chi connectivity index (χ2n) is 5.59. The van der Waals surface area contributed by atoms with E-state index in [1.165, 1.54) is 36.1 Å². The molecule has 3 aromatic rings. The fourth-order valence-corrected chi connectivity index (χ4v) is 3.64. The molecular weight excluding hydrogens is 368 g/mol. The highest BCUT2D eigenvalue weighted by molar-refractivity contribution is 7.90. The largest absolute Gasteiger partial charge is 0.384 e. The van der Waals surface area contributed by atoms with Gasteiger partial charge in [-0.3, -0.25) is 10.0 Å².